The number of amides is 1. The molecular formula is C28H27NO6. The second kappa shape index (κ2) is 10.9. The van der Waals surface area contributed by atoms with Crippen molar-refractivity contribution in [3.05, 3.63) is 101 Å². The van der Waals surface area contributed by atoms with Gasteiger partial charge in [0.05, 0.1) is 25.3 Å². The summed E-state index contributed by atoms with van der Waals surface area (Å²) >= 11 is 0. The molecule has 0 bridgehead atoms. The van der Waals surface area contributed by atoms with E-state index in [-0.39, 0.29) is 24.5 Å². The van der Waals surface area contributed by atoms with E-state index in [9.17, 15) is 14.7 Å². The lowest BCUT2D eigenvalue weighted by Crippen LogP contribution is -2.32. The van der Waals surface area contributed by atoms with Crippen molar-refractivity contribution in [3.63, 3.8) is 0 Å². The summed E-state index contributed by atoms with van der Waals surface area (Å²) in [4.78, 5) is 27.5. The molecule has 1 unspecified atom stereocenters. The molecule has 1 aliphatic rings. The van der Waals surface area contributed by atoms with Gasteiger partial charge in [0.25, 0.3) is 11.7 Å². The fraction of sp³-hybridized carbons (Fsp3) is 0.214. The molecule has 35 heavy (non-hydrogen) atoms. The van der Waals surface area contributed by atoms with Gasteiger partial charge in [0.15, 0.2) is 0 Å². The minimum absolute atomic E-state index is 0.0245. The number of likely N-dealkylation sites (tertiary alicyclic amines) is 1. The van der Waals surface area contributed by atoms with Gasteiger partial charge < -0.3 is 24.2 Å². The molecule has 1 aliphatic heterocycles. The van der Waals surface area contributed by atoms with Crippen molar-refractivity contribution < 1.29 is 28.9 Å². The zero-order valence-corrected chi connectivity index (χ0v) is 19.6. The highest BCUT2D eigenvalue weighted by Gasteiger charge is 2.46. The molecule has 0 aliphatic carbocycles. The standard InChI is InChI=1S/C28H27NO6/c1-33-16-15-29-25(21-9-6-10-23(17-21)35-18-19-7-4-3-5-8-19)24(27(31)28(29)32)26(30)20-11-13-22(34-2)14-12-20/h3-14,17,25,30H,15-16,18H2,1-2H3/b26-24+. The molecule has 1 fully saturated rings. The maximum atomic E-state index is 13.1. The lowest BCUT2D eigenvalue weighted by atomic mass is 9.95. The van der Waals surface area contributed by atoms with Gasteiger partial charge in [-0.2, -0.15) is 0 Å². The summed E-state index contributed by atoms with van der Waals surface area (Å²) in [6.45, 7) is 0.816. The number of carbonyl (C=O) groups is 2. The molecule has 0 saturated carbocycles. The lowest BCUT2D eigenvalue weighted by molar-refractivity contribution is -0.140. The molecule has 180 valence electrons. The van der Waals surface area contributed by atoms with Crippen LogP contribution in [0.15, 0.2) is 84.4 Å². The average Bonchev–Trinajstić information content (AvgIpc) is 3.16. The lowest BCUT2D eigenvalue weighted by Gasteiger charge is -2.25. The first-order valence-electron chi connectivity index (χ1n) is 11.2. The normalized spacial score (nSPS) is 17.0. The second-order valence-corrected chi connectivity index (χ2v) is 8.06. The maximum Gasteiger partial charge on any atom is 0.295 e. The Morgan fingerprint density at radius 3 is 2.34 bits per heavy atom. The number of benzene rings is 3. The van der Waals surface area contributed by atoms with E-state index in [0.29, 0.717) is 29.2 Å². The highest BCUT2D eigenvalue weighted by molar-refractivity contribution is 6.46. The highest BCUT2D eigenvalue weighted by atomic mass is 16.5. The first-order chi connectivity index (χ1) is 17.0. The predicted molar refractivity (Wildman–Crippen MR) is 131 cm³/mol. The number of nitrogens with zero attached hydrogens (tertiary/aromatic N) is 1. The van der Waals surface area contributed by atoms with Gasteiger partial charge in [-0.25, -0.2) is 0 Å². The summed E-state index contributed by atoms with van der Waals surface area (Å²) in [5, 5.41) is 11.1. The Labute approximate surface area is 204 Å². The third-order valence-corrected chi connectivity index (χ3v) is 5.86. The number of ketones is 1. The largest absolute Gasteiger partial charge is 0.507 e. The number of hydrogen-bond donors (Lipinski definition) is 1. The van der Waals surface area contributed by atoms with E-state index in [1.807, 2.05) is 42.5 Å². The van der Waals surface area contributed by atoms with E-state index in [1.54, 1.807) is 43.5 Å². The van der Waals surface area contributed by atoms with Gasteiger partial charge in [-0.1, -0.05) is 42.5 Å². The monoisotopic (exact) mass is 473 g/mol. The molecule has 1 N–H and O–H groups in total. The van der Waals surface area contributed by atoms with E-state index in [0.717, 1.165) is 5.56 Å². The second-order valence-electron chi connectivity index (χ2n) is 8.06. The number of ether oxygens (including phenoxy) is 3. The molecule has 7 heteroatoms. The Kier molecular flexibility index (Phi) is 7.48. The number of Topliss-reactive ketones (excluding diaryl/α,β-unsaturated/α-hetero) is 1. The van der Waals surface area contributed by atoms with Gasteiger partial charge in [0, 0.05) is 19.2 Å². The molecule has 1 heterocycles. The van der Waals surface area contributed by atoms with Crippen LogP contribution in [0.4, 0.5) is 0 Å². The van der Waals surface area contributed by atoms with Gasteiger partial charge in [-0.15, -0.1) is 0 Å². The SMILES string of the molecule is COCCN1C(=O)C(=O)/C(=C(/O)c2ccc(OC)cc2)C1c1cccc(OCc2ccccc2)c1. The highest BCUT2D eigenvalue weighted by Crippen LogP contribution is 2.40. The van der Waals surface area contributed by atoms with Gasteiger partial charge in [0.1, 0.15) is 23.9 Å². The number of methoxy groups -OCH3 is 2. The van der Waals surface area contributed by atoms with E-state index in [4.69, 9.17) is 14.2 Å². The molecule has 0 spiro atoms. The molecule has 1 amide bonds. The zero-order chi connectivity index (χ0) is 24.8. The van der Waals surface area contributed by atoms with Crippen LogP contribution in [0.3, 0.4) is 0 Å². The van der Waals surface area contributed by atoms with Gasteiger partial charge in [-0.05, 0) is 47.5 Å². The Balaban J connectivity index is 1.72. The molecule has 3 aromatic carbocycles. The Bertz CT molecular complexity index is 1220. The molecule has 3 aromatic rings. The van der Waals surface area contributed by atoms with Crippen LogP contribution in [0, 0.1) is 0 Å². The molecule has 0 aromatic heterocycles. The molecular weight excluding hydrogens is 446 g/mol. The number of aliphatic hydroxyl groups excluding tert-OH is 1. The van der Waals surface area contributed by atoms with E-state index >= 15 is 0 Å². The summed E-state index contributed by atoms with van der Waals surface area (Å²) in [5.41, 5.74) is 2.11. The summed E-state index contributed by atoms with van der Waals surface area (Å²) < 4.78 is 16.3. The van der Waals surface area contributed by atoms with Gasteiger partial charge >= 0.3 is 0 Å². The maximum absolute atomic E-state index is 13.1. The molecule has 7 nitrogen and oxygen atoms in total. The van der Waals surface area contributed by atoms with Gasteiger partial charge in [-0.3, -0.25) is 9.59 Å². The van der Waals surface area contributed by atoms with E-state index in [1.165, 1.54) is 12.0 Å². The zero-order valence-electron chi connectivity index (χ0n) is 19.6. The van der Waals surface area contributed by atoms with Crippen LogP contribution in [0.2, 0.25) is 0 Å². The minimum Gasteiger partial charge on any atom is -0.507 e. The van der Waals surface area contributed by atoms with Crippen molar-refractivity contribution in [3.8, 4) is 11.5 Å². The van der Waals surface area contributed by atoms with Crippen LogP contribution in [-0.4, -0.2) is 49.1 Å². The van der Waals surface area contributed by atoms with Crippen LogP contribution in [0.5, 0.6) is 11.5 Å². The van der Waals surface area contributed by atoms with Crippen LogP contribution in [0.1, 0.15) is 22.7 Å². The van der Waals surface area contributed by atoms with Crippen LogP contribution in [-0.2, 0) is 20.9 Å². The Morgan fingerprint density at radius 2 is 1.66 bits per heavy atom. The number of aliphatic hydroxyl groups is 1. The van der Waals surface area contributed by atoms with Crippen molar-refractivity contribution in [2.45, 2.75) is 12.6 Å². The summed E-state index contributed by atoms with van der Waals surface area (Å²) in [7, 11) is 3.07. The van der Waals surface area contributed by atoms with Crippen LogP contribution in [0.25, 0.3) is 5.76 Å². The predicted octanol–water partition coefficient (Wildman–Crippen LogP) is 4.34. The Hall–Kier alpha value is -4.10. The first kappa shape index (κ1) is 24.0. The first-order valence-corrected chi connectivity index (χ1v) is 11.2. The fourth-order valence-electron chi connectivity index (χ4n) is 4.07. The number of carbonyl (C=O) groups excluding carboxylic acids is 2. The summed E-state index contributed by atoms with van der Waals surface area (Å²) in [6, 6.07) is 22.9. The van der Waals surface area contributed by atoms with Crippen molar-refractivity contribution >= 4 is 17.4 Å². The Morgan fingerprint density at radius 1 is 0.914 bits per heavy atom. The van der Waals surface area contributed by atoms with Crippen molar-refractivity contribution in [1.29, 1.82) is 0 Å². The quantitative estimate of drug-likeness (QED) is 0.283. The van der Waals surface area contributed by atoms with Crippen molar-refractivity contribution in [2.75, 3.05) is 27.4 Å². The number of hydrogen-bond acceptors (Lipinski definition) is 6. The van der Waals surface area contributed by atoms with E-state index < -0.39 is 17.7 Å². The third kappa shape index (κ3) is 5.20. The number of rotatable bonds is 9. The van der Waals surface area contributed by atoms with Crippen molar-refractivity contribution in [1.82, 2.24) is 4.90 Å². The van der Waals surface area contributed by atoms with Crippen LogP contribution >= 0.6 is 0 Å². The smallest absolute Gasteiger partial charge is 0.295 e. The third-order valence-electron chi connectivity index (χ3n) is 5.86. The minimum atomic E-state index is -0.785. The van der Waals surface area contributed by atoms with Gasteiger partial charge in [0.2, 0.25) is 0 Å². The molecule has 0 radical (unpaired) electrons. The topological polar surface area (TPSA) is 85.3 Å². The summed E-state index contributed by atoms with van der Waals surface area (Å²) in [6.07, 6.45) is 0. The molecule has 1 atom stereocenters. The average molecular weight is 474 g/mol. The molecule has 1 saturated heterocycles. The van der Waals surface area contributed by atoms with Crippen LogP contribution < -0.4 is 9.47 Å². The van der Waals surface area contributed by atoms with Crippen molar-refractivity contribution in [2.24, 2.45) is 0 Å². The summed E-state index contributed by atoms with van der Waals surface area (Å²) in [5.74, 6) is -0.464. The molecule has 4 rings (SSSR count). The fourth-order valence-corrected chi connectivity index (χ4v) is 4.07. The van der Waals surface area contributed by atoms with E-state index in [2.05, 4.69) is 0 Å².